The molecule has 2 aromatic rings. The van der Waals surface area contributed by atoms with Gasteiger partial charge in [0.05, 0.1) is 19.0 Å². The normalized spacial score (nSPS) is 17.3. The van der Waals surface area contributed by atoms with E-state index >= 15 is 0 Å². The maximum absolute atomic E-state index is 5.80. The summed E-state index contributed by atoms with van der Waals surface area (Å²) in [6, 6.07) is 8.16. The maximum Gasteiger partial charge on any atom is 0.191 e. The molecule has 0 aliphatic carbocycles. The standard InChI is InChI=1S/C20H29N3O3S/c1-4-17(25-12-1)6-10-22-20(23-11-7-19-5-2-15-27-19)21-9-3-13-26-18-8-14-24-16-18/h1-2,4-5,12,15,18H,3,6-11,13-14,16H2,(H2,21,22,23). The average Bonchev–Trinajstić information content (AvgIpc) is 3.44. The van der Waals surface area contributed by atoms with Gasteiger partial charge in [-0.1, -0.05) is 6.07 Å². The number of rotatable bonds is 11. The van der Waals surface area contributed by atoms with Gasteiger partial charge in [0.15, 0.2) is 5.96 Å². The van der Waals surface area contributed by atoms with Crippen molar-refractivity contribution in [2.24, 2.45) is 4.99 Å². The number of guanidine groups is 1. The van der Waals surface area contributed by atoms with E-state index in [1.54, 1.807) is 17.6 Å². The molecule has 1 atom stereocenters. The molecule has 1 unspecified atom stereocenters. The smallest absolute Gasteiger partial charge is 0.191 e. The summed E-state index contributed by atoms with van der Waals surface area (Å²) in [6.45, 7) is 4.67. The van der Waals surface area contributed by atoms with E-state index < -0.39 is 0 Å². The van der Waals surface area contributed by atoms with Gasteiger partial charge in [0.1, 0.15) is 5.76 Å². The number of thiophene rings is 1. The Kier molecular flexibility index (Phi) is 8.70. The van der Waals surface area contributed by atoms with Gasteiger partial charge >= 0.3 is 0 Å². The van der Waals surface area contributed by atoms with Gasteiger partial charge in [0.2, 0.25) is 0 Å². The van der Waals surface area contributed by atoms with Crippen molar-refractivity contribution in [3.8, 4) is 0 Å². The van der Waals surface area contributed by atoms with E-state index in [-0.39, 0.29) is 6.10 Å². The van der Waals surface area contributed by atoms with Crippen LogP contribution in [0.15, 0.2) is 45.3 Å². The summed E-state index contributed by atoms with van der Waals surface area (Å²) in [7, 11) is 0. The Morgan fingerprint density at radius 2 is 2.15 bits per heavy atom. The molecule has 0 bridgehead atoms. The molecule has 0 radical (unpaired) electrons. The van der Waals surface area contributed by atoms with Gasteiger partial charge in [-0.15, -0.1) is 11.3 Å². The highest BCUT2D eigenvalue weighted by atomic mass is 32.1. The predicted molar refractivity (Wildman–Crippen MR) is 109 cm³/mol. The van der Waals surface area contributed by atoms with Gasteiger partial charge in [-0.2, -0.15) is 0 Å². The van der Waals surface area contributed by atoms with E-state index in [2.05, 4.69) is 33.1 Å². The molecule has 0 saturated carbocycles. The number of hydrogen-bond donors (Lipinski definition) is 2. The lowest BCUT2D eigenvalue weighted by molar-refractivity contribution is 0.0424. The van der Waals surface area contributed by atoms with E-state index in [4.69, 9.17) is 13.9 Å². The van der Waals surface area contributed by atoms with E-state index in [1.807, 2.05) is 12.1 Å². The molecular formula is C20H29N3O3S. The van der Waals surface area contributed by atoms with Crippen LogP contribution in [-0.4, -0.2) is 51.5 Å². The number of ether oxygens (including phenoxy) is 2. The van der Waals surface area contributed by atoms with Gasteiger partial charge in [-0.05, 0) is 42.8 Å². The molecule has 1 saturated heterocycles. The number of furan rings is 1. The minimum absolute atomic E-state index is 0.267. The Morgan fingerprint density at radius 3 is 2.89 bits per heavy atom. The van der Waals surface area contributed by atoms with Crippen LogP contribution in [0.25, 0.3) is 0 Å². The molecule has 1 fully saturated rings. The van der Waals surface area contributed by atoms with Gasteiger partial charge in [0, 0.05) is 44.1 Å². The lowest BCUT2D eigenvalue weighted by Crippen LogP contribution is -2.39. The first kappa shape index (κ1) is 19.9. The zero-order valence-electron chi connectivity index (χ0n) is 15.7. The quantitative estimate of drug-likeness (QED) is 0.350. The van der Waals surface area contributed by atoms with Crippen LogP contribution in [0.2, 0.25) is 0 Å². The summed E-state index contributed by atoms with van der Waals surface area (Å²) in [5.74, 6) is 1.83. The average molecular weight is 392 g/mol. The fourth-order valence-corrected chi connectivity index (χ4v) is 3.55. The van der Waals surface area contributed by atoms with Crippen LogP contribution in [0.1, 0.15) is 23.5 Å². The summed E-state index contributed by atoms with van der Waals surface area (Å²) >= 11 is 1.79. The van der Waals surface area contributed by atoms with Gasteiger partial charge < -0.3 is 24.5 Å². The van der Waals surface area contributed by atoms with E-state index in [9.17, 15) is 0 Å². The van der Waals surface area contributed by atoms with Crippen molar-refractivity contribution < 1.29 is 13.9 Å². The maximum atomic E-state index is 5.80. The monoisotopic (exact) mass is 391 g/mol. The second-order valence-electron chi connectivity index (χ2n) is 6.45. The largest absolute Gasteiger partial charge is 0.469 e. The van der Waals surface area contributed by atoms with Gasteiger partial charge in [-0.3, -0.25) is 4.99 Å². The molecule has 1 aliphatic heterocycles. The first-order valence-corrected chi connectivity index (χ1v) is 10.5. The van der Waals surface area contributed by atoms with Crippen molar-refractivity contribution in [3.63, 3.8) is 0 Å². The molecule has 6 nitrogen and oxygen atoms in total. The highest BCUT2D eigenvalue weighted by molar-refractivity contribution is 7.09. The van der Waals surface area contributed by atoms with Crippen LogP contribution < -0.4 is 10.6 Å². The molecule has 7 heteroatoms. The number of nitrogens with zero attached hydrogens (tertiary/aromatic N) is 1. The minimum atomic E-state index is 0.267. The lowest BCUT2D eigenvalue weighted by Gasteiger charge is -2.12. The van der Waals surface area contributed by atoms with Gasteiger partial charge in [0.25, 0.3) is 0 Å². The Bertz CT molecular complexity index is 595. The van der Waals surface area contributed by atoms with Crippen LogP contribution >= 0.6 is 11.3 Å². The predicted octanol–water partition coefficient (Wildman–Crippen LogP) is 2.86. The molecule has 0 aromatic carbocycles. The van der Waals surface area contributed by atoms with Crippen molar-refractivity contribution >= 4 is 17.3 Å². The number of aliphatic imine (C=N–C) groups is 1. The van der Waals surface area contributed by atoms with Crippen LogP contribution in [0, 0.1) is 0 Å². The third-order valence-corrected chi connectivity index (χ3v) is 5.24. The lowest BCUT2D eigenvalue weighted by atomic mass is 10.3. The first-order chi connectivity index (χ1) is 13.4. The van der Waals surface area contributed by atoms with Crippen molar-refractivity contribution in [2.45, 2.75) is 31.8 Å². The van der Waals surface area contributed by atoms with Crippen molar-refractivity contribution in [1.82, 2.24) is 10.6 Å². The summed E-state index contributed by atoms with van der Waals surface area (Å²) in [5.41, 5.74) is 0. The molecular weight excluding hydrogens is 362 g/mol. The molecule has 148 valence electrons. The summed E-state index contributed by atoms with van der Waals surface area (Å²) < 4.78 is 16.5. The minimum Gasteiger partial charge on any atom is -0.469 e. The summed E-state index contributed by atoms with van der Waals surface area (Å²) in [6.07, 6.45) is 5.73. The molecule has 1 aliphatic rings. The van der Waals surface area contributed by atoms with Crippen molar-refractivity contribution in [1.29, 1.82) is 0 Å². The molecule has 0 amide bonds. The number of nitrogens with one attached hydrogen (secondary N) is 2. The second kappa shape index (κ2) is 11.8. The molecule has 2 aromatic heterocycles. The third kappa shape index (κ3) is 7.74. The fraction of sp³-hybridized carbons (Fsp3) is 0.550. The van der Waals surface area contributed by atoms with Crippen LogP contribution in [0.4, 0.5) is 0 Å². The third-order valence-electron chi connectivity index (χ3n) is 4.30. The molecule has 3 rings (SSSR count). The highest BCUT2D eigenvalue weighted by Gasteiger charge is 2.15. The van der Waals surface area contributed by atoms with E-state index in [1.165, 1.54) is 4.88 Å². The summed E-state index contributed by atoms with van der Waals surface area (Å²) in [4.78, 5) is 6.06. The van der Waals surface area contributed by atoms with E-state index in [0.29, 0.717) is 0 Å². The zero-order valence-corrected chi connectivity index (χ0v) is 16.5. The molecule has 3 heterocycles. The number of hydrogen-bond acceptors (Lipinski definition) is 5. The molecule has 0 spiro atoms. The van der Waals surface area contributed by atoms with E-state index in [0.717, 1.165) is 76.9 Å². The Morgan fingerprint density at radius 1 is 1.22 bits per heavy atom. The van der Waals surface area contributed by atoms with Crippen molar-refractivity contribution in [3.05, 3.63) is 46.5 Å². The van der Waals surface area contributed by atoms with Crippen LogP contribution in [0.3, 0.4) is 0 Å². The summed E-state index contributed by atoms with van der Waals surface area (Å²) in [5, 5.41) is 8.93. The van der Waals surface area contributed by atoms with Crippen molar-refractivity contribution in [2.75, 3.05) is 39.5 Å². The SMILES string of the molecule is c1coc(CCNC(=NCCCOC2CCOC2)NCCc2cccs2)c1. The Balaban J connectivity index is 1.37. The molecule has 2 N–H and O–H groups in total. The second-order valence-corrected chi connectivity index (χ2v) is 7.48. The zero-order chi connectivity index (χ0) is 18.6. The first-order valence-electron chi connectivity index (χ1n) is 9.66. The fourth-order valence-electron chi connectivity index (χ4n) is 2.84. The Hall–Kier alpha value is -1.83. The van der Waals surface area contributed by atoms with Gasteiger partial charge in [-0.25, -0.2) is 0 Å². The van der Waals surface area contributed by atoms with Crippen LogP contribution in [0.5, 0.6) is 0 Å². The Labute approximate surface area is 165 Å². The van der Waals surface area contributed by atoms with Crippen LogP contribution in [-0.2, 0) is 22.3 Å². The molecule has 27 heavy (non-hydrogen) atoms. The highest BCUT2D eigenvalue weighted by Crippen LogP contribution is 2.09. The topological polar surface area (TPSA) is 68.0 Å².